The average Bonchev–Trinajstić information content (AvgIpc) is 2.15. The molecule has 0 radical (unpaired) electrons. The highest BCUT2D eigenvalue weighted by Crippen LogP contribution is 2.29. The number of hydrogen-bond donors (Lipinski definition) is 1. The molecule has 0 aliphatic heterocycles. The molecule has 2 N–H and O–H groups in total. The van der Waals surface area contributed by atoms with Gasteiger partial charge >= 0.3 is 5.69 Å². The van der Waals surface area contributed by atoms with Crippen LogP contribution >= 0.6 is 0 Å². The summed E-state index contributed by atoms with van der Waals surface area (Å²) in [5.74, 6) is 0.308. The molecule has 0 heterocycles. The third-order valence-electron chi connectivity index (χ3n) is 1.75. The third kappa shape index (κ3) is 2.20. The average molecular weight is 196 g/mol. The van der Waals surface area contributed by atoms with E-state index in [4.69, 9.17) is 10.5 Å². The molecule has 1 aromatic carbocycles. The lowest BCUT2D eigenvalue weighted by Gasteiger charge is -2.07. The molecule has 0 aliphatic carbocycles. The summed E-state index contributed by atoms with van der Waals surface area (Å²) in [5.41, 5.74) is 5.99. The Balaban J connectivity index is 3.02. The Morgan fingerprint density at radius 2 is 2.29 bits per heavy atom. The van der Waals surface area contributed by atoms with E-state index >= 15 is 0 Å². The smallest absolute Gasteiger partial charge is 0.311 e. The van der Waals surface area contributed by atoms with Gasteiger partial charge in [-0.1, -0.05) is 12.1 Å². The van der Waals surface area contributed by atoms with Crippen LogP contribution in [0.4, 0.5) is 5.69 Å². The van der Waals surface area contributed by atoms with Crippen LogP contribution in [0.3, 0.4) is 0 Å². The molecule has 0 saturated heterocycles. The molecule has 0 saturated carbocycles. The van der Waals surface area contributed by atoms with Gasteiger partial charge in [-0.2, -0.15) is 0 Å². The fourth-order valence-corrected chi connectivity index (χ4v) is 1.13. The Bertz CT molecular complexity index is 339. The first-order valence-corrected chi connectivity index (χ1v) is 4.23. The van der Waals surface area contributed by atoms with Crippen molar-refractivity contribution in [1.82, 2.24) is 0 Å². The molecule has 0 spiro atoms. The molecule has 0 atom stereocenters. The summed E-state index contributed by atoms with van der Waals surface area (Å²) in [4.78, 5) is 10.2. The summed E-state index contributed by atoms with van der Waals surface area (Å²) in [6.07, 6.45) is 0. The van der Waals surface area contributed by atoms with E-state index in [2.05, 4.69) is 0 Å². The van der Waals surface area contributed by atoms with Crippen LogP contribution in [0.1, 0.15) is 5.56 Å². The molecule has 76 valence electrons. The maximum absolute atomic E-state index is 10.6. The molecule has 1 rings (SSSR count). The van der Waals surface area contributed by atoms with Gasteiger partial charge in [0.25, 0.3) is 0 Å². The monoisotopic (exact) mass is 196 g/mol. The van der Waals surface area contributed by atoms with Crippen LogP contribution in [0.15, 0.2) is 18.2 Å². The SMILES string of the molecule is Cc1cccc([N+](=O)[O-])c1OCCN. The van der Waals surface area contributed by atoms with Gasteiger partial charge in [-0.3, -0.25) is 10.1 Å². The van der Waals surface area contributed by atoms with E-state index in [1.54, 1.807) is 19.1 Å². The van der Waals surface area contributed by atoms with Crippen LogP contribution in [0.5, 0.6) is 5.75 Å². The molecule has 0 aromatic heterocycles. The lowest BCUT2D eigenvalue weighted by Crippen LogP contribution is -2.12. The van der Waals surface area contributed by atoms with Gasteiger partial charge in [0.2, 0.25) is 0 Å². The van der Waals surface area contributed by atoms with Crippen molar-refractivity contribution in [2.24, 2.45) is 5.73 Å². The Labute approximate surface area is 81.6 Å². The second kappa shape index (κ2) is 4.57. The zero-order valence-electron chi connectivity index (χ0n) is 7.90. The molecule has 5 heteroatoms. The van der Waals surface area contributed by atoms with E-state index in [9.17, 15) is 10.1 Å². The predicted octanol–water partition coefficient (Wildman–Crippen LogP) is 1.24. The van der Waals surface area contributed by atoms with Crippen molar-refractivity contribution in [3.05, 3.63) is 33.9 Å². The van der Waals surface area contributed by atoms with Crippen LogP contribution in [0, 0.1) is 17.0 Å². The number of ether oxygens (including phenoxy) is 1. The molecule has 14 heavy (non-hydrogen) atoms. The second-order valence-corrected chi connectivity index (χ2v) is 2.82. The summed E-state index contributed by atoms with van der Waals surface area (Å²) in [6, 6.07) is 4.81. The topological polar surface area (TPSA) is 78.4 Å². The molecule has 0 unspecified atom stereocenters. The van der Waals surface area contributed by atoms with E-state index in [0.29, 0.717) is 12.3 Å². The van der Waals surface area contributed by atoms with Crippen molar-refractivity contribution >= 4 is 5.69 Å². The summed E-state index contributed by atoms with van der Waals surface area (Å²) in [7, 11) is 0. The second-order valence-electron chi connectivity index (χ2n) is 2.82. The van der Waals surface area contributed by atoms with Crippen LogP contribution in [-0.2, 0) is 0 Å². The molecular formula is C9H12N2O3. The van der Waals surface area contributed by atoms with Gasteiger partial charge in [-0.15, -0.1) is 0 Å². The zero-order chi connectivity index (χ0) is 10.6. The van der Waals surface area contributed by atoms with Crippen LogP contribution in [0.2, 0.25) is 0 Å². The maximum atomic E-state index is 10.6. The van der Waals surface area contributed by atoms with Crippen molar-refractivity contribution in [3.63, 3.8) is 0 Å². The standard InChI is InChI=1S/C9H12N2O3/c1-7-3-2-4-8(11(12)13)9(7)14-6-5-10/h2-4H,5-6,10H2,1H3. The number of aryl methyl sites for hydroxylation is 1. The van der Waals surface area contributed by atoms with Gasteiger partial charge in [0.15, 0.2) is 5.75 Å². The fraction of sp³-hybridized carbons (Fsp3) is 0.333. The quantitative estimate of drug-likeness (QED) is 0.580. The van der Waals surface area contributed by atoms with E-state index in [1.165, 1.54) is 6.07 Å². The first-order valence-electron chi connectivity index (χ1n) is 4.23. The first kappa shape index (κ1) is 10.5. The fourth-order valence-electron chi connectivity index (χ4n) is 1.13. The van der Waals surface area contributed by atoms with E-state index < -0.39 is 4.92 Å². The minimum absolute atomic E-state index is 0.0153. The van der Waals surface area contributed by atoms with Crippen LogP contribution in [0.25, 0.3) is 0 Å². The summed E-state index contributed by atoms with van der Waals surface area (Å²) in [5, 5.41) is 10.6. The number of nitro benzene ring substituents is 1. The maximum Gasteiger partial charge on any atom is 0.311 e. The number of benzene rings is 1. The Morgan fingerprint density at radius 3 is 2.86 bits per heavy atom. The van der Waals surface area contributed by atoms with Gasteiger partial charge in [0, 0.05) is 12.6 Å². The third-order valence-corrected chi connectivity index (χ3v) is 1.75. The molecular weight excluding hydrogens is 184 g/mol. The molecule has 0 aliphatic rings. The van der Waals surface area contributed by atoms with Crippen molar-refractivity contribution in [2.45, 2.75) is 6.92 Å². The molecule has 1 aromatic rings. The van der Waals surface area contributed by atoms with E-state index in [-0.39, 0.29) is 12.3 Å². The molecule has 5 nitrogen and oxygen atoms in total. The van der Waals surface area contributed by atoms with Gasteiger partial charge in [-0.25, -0.2) is 0 Å². The number of hydrogen-bond acceptors (Lipinski definition) is 4. The van der Waals surface area contributed by atoms with Crippen molar-refractivity contribution in [2.75, 3.05) is 13.2 Å². The van der Waals surface area contributed by atoms with Crippen LogP contribution in [-0.4, -0.2) is 18.1 Å². The van der Waals surface area contributed by atoms with Crippen molar-refractivity contribution in [3.8, 4) is 5.75 Å². The molecule has 0 amide bonds. The lowest BCUT2D eigenvalue weighted by molar-refractivity contribution is -0.385. The Hall–Kier alpha value is -1.62. The number of rotatable bonds is 4. The van der Waals surface area contributed by atoms with E-state index in [1.807, 2.05) is 0 Å². The van der Waals surface area contributed by atoms with Crippen LogP contribution < -0.4 is 10.5 Å². The largest absolute Gasteiger partial charge is 0.485 e. The lowest BCUT2D eigenvalue weighted by atomic mass is 10.2. The number of nitrogens with zero attached hydrogens (tertiary/aromatic N) is 1. The van der Waals surface area contributed by atoms with Gasteiger partial charge in [0.1, 0.15) is 6.61 Å². The summed E-state index contributed by atoms with van der Waals surface area (Å²) < 4.78 is 5.21. The number of para-hydroxylation sites is 1. The summed E-state index contributed by atoms with van der Waals surface area (Å²) >= 11 is 0. The molecule has 0 bridgehead atoms. The Morgan fingerprint density at radius 1 is 1.57 bits per heavy atom. The van der Waals surface area contributed by atoms with Crippen molar-refractivity contribution < 1.29 is 9.66 Å². The first-order chi connectivity index (χ1) is 6.66. The molecule has 0 fully saturated rings. The zero-order valence-corrected chi connectivity index (χ0v) is 7.90. The predicted molar refractivity (Wildman–Crippen MR) is 52.4 cm³/mol. The highest BCUT2D eigenvalue weighted by atomic mass is 16.6. The highest BCUT2D eigenvalue weighted by Gasteiger charge is 2.16. The Kier molecular flexibility index (Phi) is 3.41. The van der Waals surface area contributed by atoms with Gasteiger partial charge < -0.3 is 10.5 Å². The normalized spacial score (nSPS) is 9.86. The minimum atomic E-state index is -0.459. The summed E-state index contributed by atoms with van der Waals surface area (Å²) in [6.45, 7) is 2.38. The number of nitro groups is 1. The van der Waals surface area contributed by atoms with Gasteiger partial charge in [0.05, 0.1) is 4.92 Å². The van der Waals surface area contributed by atoms with E-state index in [0.717, 1.165) is 5.56 Å². The number of nitrogens with two attached hydrogens (primary N) is 1. The minimum Gasteiger partial charge on any atom is -0.485 e. The van der Waals surface area contributed by atoms with Gasteiger partial charge in [-0.05, 0) is 12.5 Å². The highest BCUT2D eigenvalue weighted by molar-refractivity contribution is 5.51. The van der Waals surface area contributed by atoms with Crippen molar-refractivity contribution in [1.29, 1.82) is 0 Å².